The third-order valence-electron chi connectivity index (χ3n) is 5.71. The fourth-order valence-electron chi connectivity index (χ4n) is 4.06. The van der Waals surface area contributed by atoms with E-state index in [4.69, 9.17) is 4.52 Å². The summed E-state index contributed by atoms with van der Waals surface area (Å²) < 4.78 is 32.6. The zero-order valence-electron chi connectivity index (χ0n) is 18.1. The summed E-state index contributed by atoms with van der Waals surface area (Å²) >= 11 is 0. The maximum atomic E-state index is 13.6. The summed E-state index contributed by atoms with van der Waals surface area (Å²) in [5.74, 6) is -0.00751. The van der Waals surface area contributed by atoms with Crippen LogP contribution in [0.25, 0.3) is 11.4 Å². The quantitative estimate of drug-likeness (QED) is 0.441. The molecular weight excluding hydrogens is 440 g/mol. The van der Waals surface area contributed by atoms with Crippen LogP contribution in [0.3, 0.4) is 0 Å². The lowest BCUT2D eigenvalue weighted by Gasteiger charge is -2.31. The van der Waals surface area contributed by atoms with Crippen LogP contribution in [0.4, 0.5) is 20.3 Å². The van der Waals surface area contributed by atoms with Crippen molar-refractivity contribution in [1.82, 2.24) is 20.0 Å². The first-order chi connectivity index (χ1) is 16.6. The molecule has 1 N–H and O–H groups in total. The van der Waals surface area contributed by atoms with Crippen LogP contribution in [0.2, 0.25) is 0 Å². The maximum absolute atomic E-state index is 13.6. The van der Waals surface area contributed by atoms with Crippen LogP contribution in [-0.4, -0.2) is 39.0 Å². The topological polar surface area (TPSA) is 84.2 Å². The van der Waals surface area contributed by atoms with E-state index in [1.54, 1.807) is 47.5 Å². The Kier molecular flexibility index (Phi) is 5.99. The van der Waals surface area contributed by atoms with Crippen molar-refractivity contribution in [2.45, 2.75) is 18.8 Å². The van der Waals surface area contributed by atoms with E-state index in [1.807, 2.05) is 0 Å². The molecule has 1 saturated heterocycles. The van der Waals surface area contributed by atoms with Gasteiger partial charge in [0.1, 0.15) is 17.5 Å². The fourth-order valence-corrected chi connectivity index (χ4v) is 4.06. The Morgan fingerprint density at radius 3 is 2.71 bits per heavy atom. The minimum atomic E-state index is -0.384. The predicted molar refractivity (Wildman–Crippen MR) is 121 cm³/mol. The standard InChI is InChI=1S/C25H21F2N5O2/c26-18-7-1-5-16(13-18)22-30-24(34-31-22)17-6-4-12-32(15-17)25(33)21-10-3-11-28-23(21)29-20-9-2-8-19(27)14-20/h1-3,5,7-11,13-14,17H,4,6,12,15H2,(H,28,29). The molecule has 1 atom stereocenters. The summed E-state index contributed by atoms with van der Waals surface area (Å²) in [4.78, 5) is 23.9. The van der Waals surface area contributed by atoms with E-state index >= 15 is 0 Å². The van der Waals surface area contributed by atoms with Gasteiger partial charge in [0.2, 0.25) is 11.7 Å². The number of piperidine rings is 1. The average molecular weight is 461 g/mol. The number of likely N-dealkylation sites (tertiary alicyclic amines) is 1. The molecule has 1 aliphatic heterocycles. The summed E-state index contributed by atoms with van der Waals surface area (Å²) in [5.41, 5.74) is 1.42. The Balaban J connectivity index is 1.33. The van der Waals surface area contributed by atoms with Gasteiger partial charge in [0.25, 0.3) is 5.91 Å². The van der Waals surface area contributed by atoms with Gasteiger partial charge in [0.15, 0.2) is 0 Å². The van der Waals surface area contributed by atoms with Gasteiger partial charge in [-0.05, 0) is 55.3 Å². The van der Waals surface area contributed by atoms with Gasteiger partial charge in [-0.1, -0.05) is 23.4 Å². The highest BCUT2D eigenvalue weighted by Crippen LogP contribution is 2.29. The van der Waals surface area contributed by atoms with E-state index in [2.05, 4.69) is 20.4 Å². The number of halogens is 2. The minimum Gasteiger partial charge on any atom is -0.339 e. The molecule has 2 aromatic carbocycles. The number of carbonyl (C=O) groups is 1. The number of aromatic nitrogens is 3. The van der Waals surface area contributed by atoms with Crippen LogP contribution in [0.5, 0.6) is 0 Å². The SMILES string of the molecule is O=C(c1cccnc1Nc1cccc(F)c1)N1CCCC(c2nc(-c3cccc(F)c3)no2)C1. The van der Waals surface area contributed by atoms with Gasteiger partial charge in [-0.3, -0.25) is 4.79 Å². The molecule has 9 heteroatoms. The first kappa shape index (κ1) is 21.7. The second-order valence-corrected chi connectivity index (χ2v) is 8.09. The summed E-state index contributed by atoms with van der Waals surface area (Å²) in [6.07, 6.45) is 3.13. The number of anilines is 2. The van der Waals surface area contributed by atoms with Gasteiger partial charge in [-0.25, -0.2) is 13.8 Å². The Labute approximate surface area is 194 Å². The van der Waals surface area contributed by atoms with Crippen molar-refractivity contribution in [1.29, 1.82) is 0 Å². The lowest BCUT2D eigenvalue weighted by atomic mass is 9.97. The zero-order chi connectivity index (χ0) is 23.5. The molecule has 34 heavy (non-hydrogen) atoms. The fraction of sp³-hybridized carbons (Fsp3) is 0.200. The normalized spacial score (nSPS) is 15.8. The Bertz CT molecular complexity index is 1330. The summed E-state index contributed by atoms with van der Waals surface area (Å²) in [6, 6.07) is 15.4. The number of rotatable bonds is 5. The van der Waals surface area contributed by atoms with Crippen LogP contribution in [0.15, 0.2) is 71.4 Å². The molecule has 7 nitrogen and oxygen atoms in total. The van der Waals surface area contributed by atoms with Crippen molar-refractivity contribution in [2.24, 2.45) is 0 Å². The lowest BCUT2D eigenvalue weighted by molar-refractivity contribution is 0.0696. The van der Waals surface area contributed by atoms with E-state index < -0.39 is 0 Å². The molecule has 2 aromatic heterocycles. The van der Waals surface area contributed by atoms with Gasteiger partial charge < -0.3 is 14.7 Å². The second kappa shape index (κ2) is 9.38. The third-order valence-corrected chi connectivity index (χ3v) is 5.71. The highest BCUT2D eigenvalue weighted by atomic mass is 19.1. The Hall–Kier alpha value is -4.14. The zero-order valence-corrected chi connectivity index (χ0v) is 18.1. The van der Waals surface area contributed by atoms with Crippen LogP contribution < -0.4 is 5.32 Å². The first-order valence-corrected chi connectivity index (χ1v) is 10.9. The van der Waals surface area contributed by atoms with Gasteiger partial charge in [0, 0.05) is 30.5 Å². The molecule has 0 aliphatic carbocycles. The highest BCUT2D eigenvalue weighted by Gasteiger charge is 2.30. The van der Waals surface area contributed by atoms with E-state index in [0.29, 0.717) is 47.4 Å². The number of nitrogens with one attached hydrogen (secondary N) is 1. The van der Waals surface area contributed by atoms with Crippen LogP contribution >= 0.6 is 0 Å². The number of pyridine rings is 1. The van der Waals surface area contributed by atoms with Gasteiger partial charge >= 0.3 is 0 Å². The molecule has 1 fully saturated rings. The van der Waals surface area contributed by atoms with Crippen molar-refractivity contribution < 1.29 is 18.1 Å². The summed E-state index contributed by atoms with van der Waals surface area (Å²) in [7, 11) is 0. The van der Waals surface area contributed by atoms with Crippen LogP contribution in [-0.2, 0) is 0 Å². The number of nitrogens with zero attached hydrogens (tertiary/aromatic N) is 4. The number of hydrogen-bond acceptors (Lipinski definition) is 6. The van der Waals surface area contributed by atoms with E-state index in [0.717, 1.165) is 12.8 Å². The highest BCUT2D eigenvalue weighted by molar-refractivity contribution is 5.99. The van der Waals surface area contributed by atoms with E-state index in [-0.39, 0.29) is 23.5 Å². The molecule has 3 heterocycles. The molecule has 4 aromatic rings. The smallest absolute Gasteiger partial charge is 0.257 e. The third kappa shape index (κ3) is 4.63. The molecule has 0 spiro atoms. The Morgan fingerprint density at radius 2 is 1.88 bits per heavy atom. The molecule has 0 radical (unpaired) electrons. The van der Waals surface area contributed by atoms with E-state index in [1.165, 1.54) is 24.3 Å². The first-order valence-electron chi connectivity index (χ1n) is 10.9. The molecule has 1 unspecified atom stereocenters. The second-order valence-electron chi connectivity index (χ2n) is 8.09. The molecule has 1 aliphatic rings. The van der Waals surface area contributed by atoms with Crippen molar-refractivity contribution >= 4 is 17.4 Å². The number of amides is 1. The maximum Gasteiger partial charge on any atom is 0.257 e. The predicted octanol–water partition coefficient (Wildman–Crippen LogP) is 5.17. The molecular formula is C25H21F2N5O2. The van der Waals surface area contributed by atoms with Gasteiger partial charge in [-0.15, -0.1) is 0 Å². The van der Waals surface area contributed by atoms with Crippen molar-refractivity contribution in [3.05, 3.63) is 89.9 Å². The minimum absolute atomic E-state index is 0.135. The Morgan fingerprint density at radius 1 is 1.06 bits per heavy atom. The van der Waals surface area contributed by atoms with Crippen molar-refractivity contribution in [2.75, 3.05) is 18.4 Å². The van der Waals surface area contributed by atoms with Gasteiger partial charge in [-0.2, -0.15) is 4.98 Å². The molecule has 1 amide bonds. The molecule has 5 rings (SSSR count). The average Bonchev–Trinajstić information content (AvgIpc) is 3.35. The molecule has 0 saturated carbocycles. The van der Waals surface area contributed by atoms with Crippen molar-refractivity contribution in [3.8, 4) is 11.4 Å². The number of hydrogen-bond donors (Lipinski definition) is 1. The lowest BCUT2D eigenvalue weighted by Crippen LogP contribution is -2.39. The van der Waals surface area contributed by atoms with Crippen LogP contribution in [0.1, 0.15) is 35.0 Å². The van der Waals surface area contributed by atoms with E-state index in [9.17, 15) is 13.6 Å². The van der Waals surface area contributed by atoms with Gasteiger partial charge in [0.05, 0.1) is 11.5 Å². The summed E-state index contributed by atoms with van der Waals surface area (Å²) in [6.45, 7) is 0.979. The molecule has 172 valence electrons. The number of benzene rings is 2. The largest absolute Gasteiger partial charge is 0.339 e. The molecule has 0 bridgehead atoms. The van der Waals surface area contributed by atoms with Crippen LogP contribution in [0, 0.1) is 11.6 Å². The van der Waals surface area contributed by atoms with Crippen molar-refractivity contribution in [3.63, 3.8) is 0 Å². The summed E-state index contributed by atoms with van der Waals surface area (Å²) in [5, 5.41) is 7.02. The monoisotopic (exact) mass is 461 g/mol. The number of carbonyl (C=O) groups excluding carboxylic acids is 1.